The summed E-state index contributed by atoms with van der Waals surface area (Å²) in [6.45, 7) is 1.68. The van der Waals surface area contributed by atoms with Crippen molar-refractivity contribution in [3.05, 3.63) is 64.4 Å². The first-order chi connectivity index (χ1) is 12.5. The predicted molar refractivity (Wildman–Crippen MR) is 99.0 cm³/mol. The number of halogens is 1. The Hall–Kier alpha value is -2.31. The molecule has 3 aromatic rings. The van der Waals surface area contributed by atoms with Gasteiger partial charge in [-0.2, -0.15) is 0 Å². The lowest BCUT2D eigenvalue weighted by atomic mass is 9.75. The highest BCUT2D eigenvalue weighted by Crippen LogP contribution is 2.50. The number of nitrogens with zero attached hydrogens (tertiary/aromatic N) is 1. The van der Waals surface area contributed by atoms with Gasteiger partial charge in [0, 0.05) is 5.92 Å². The maximum atomic E-state index is 14.1. The van der Waals surface area contributed by atoms with E-state index < -0.39 is 11.3 Å². The summed E-state index contributed by atoms with van der Waals surface area (Å²) in [5.74, 6) is -0.710. The molecule has 26 heavy (non-hydrogen) atoms. The number of carbonyl (C=O) groups is 1. The van der Waals surface area contributed by atoms with E-state index in [1.54, 1.807) is 30.4 Å². The Morgan fingerprint density at radius 1 is 1.31 bits per heavy atom. The molecule has 0 bridgehead atoms. The SMILES string of the molecule is Cc1c(F)cccc1[C@]1(C(=O)NO)CC[C@H](c2nc3ccccc3s2)C1. The number of hydrogen-bond acceptors (Lipinski definition) is 4. The minimum absolute atomic E-state index is 0.104. The lowest BCUT2D eigenvalue weighted by molar-refractivity contribution is -0.135. The Morgan fingerprint density at radius 3 is 2.88 bits per heavy atom. The van der Waals surface area contributed by atoms with Crippen LogP contribution in [0.15, 0.2) is 42.5 Å². The molecular formula is C20H19FN2O2S. The van der Waals surface area contributed by atoms with E-state index in [0.717, 1.165) is 21.6 Å². The Bertz CT molecular complexity index is 954. The van der Waals surface area contributed by atoms with Gasteiger partial charge in [-0.05, 0) is 55.5 Å². The van der Waals surface area contributed by atoms with E-state index in [1.807, 2.05) is 29.7 Å². The molecule has 4 nitrogen and oxygen atoms in total. The van der Waals surface area contributed by atoms with Crippen molar-refractivity contribution in [3.63, 3.8) is 0 Å². The zero-order chi connectivity index (χ0) is 18.3. The first-order valence-corrected chi connectivity index (χ1v) is 9.42. The third-order valence-corrected chi connectivity index (χ3v) is 6.69. The molecule has 2 N–H and O–H groups in total. The van der Waals surface area contributed by atoms with Gasteiger partial charge in [-0.15, -0.1) is 11.3 Å². The number of aromatic nitrogens is 1. The van der Waals surface area contributed by atoms with Crippen molar-refractivity contribution < 1.29 is 14.4 Å². The second-order valence-electron chi connectivity index (χ2n) is 6.89. The molecule has 0 unspecified atom stereocenters. The number of para-hydroxylation sites is 1. The van der Waals surface area contributed by atoms with E-state index >= 15 is 0 Å². The maximum Gasteiger partial charge on any atom is 0.254 e. The summed E-state index contributed by atoms with van der Waals surface area (Å²) in [5, 5.41) is 10.3. The van der Waals surface area contributed by atoms with Gasteiger partial charge < -0.3 is 0 Å². The number of hydrogen-bond donors (Lipinski definition) is 2. The highest BCUT2D eigenvalue weighted by Gasteiger charge is 2.48. The molecule has 1 amide bonds. The average Bonchev–Trinajstić information content (AvgIpc) is 3.28. The molecule has 2 aromatic carbocycles. The number of carbonyl (C=O) groups excluding carboxylic acids is 1. The van der Waals surface area contributed by atoms with Crippen LogP contribution >= 0.6 is 11.3 Å². The predicted octanol–water partition coefficient (Wildman–Crippen LogP) is 4.45. The summed E-state index contributed by atoms with van der Waals surface area (Å²) in [7, 11) is 0. The number of rotatable bonds is 3. The second-order valence-corrected chi connectivity index (χ2v) is 7.96. The fourth-order valence-corrected chi connectivity index (χ4v) is 5.23. The van der Waals surface area contributed by atoms with E-state index in [0.29, 0.717) is 24.0 Å². The van der Waals surface area contributed by atoms with Gasteiger partial charge in [0.2, 0.25) is 0 Å². The minimum atomic E-state index is -0.941. The van der Waals surface area contributed by atoms with Gasteiger partial charge in [0.1, 0.15) is 5.82 Å². The summed E-state index contributed by atoms with van der Waals surface area (Å²) in [6, 6.07) is 12.8. The molecule has 2 atom stereocenters. The van der Waals surface area contributed by atoms with E-state index in [1.165, 1.54) is 6.07 Å². The highest BCUT2D eigenvalue weighted by atomic mass is 32.1. The summed E-state index contributed by atoms with van der Waals surface area (Å²) < 4.78 is 15.2. The topological polar surface area (TPSA) is 62.2 Å². The molecule has 1 fully saturated rings. The molecule has 4 rings (SSSR count). The fraction of sp³-hybridized carbons (Fsp3) is 0.300. The molecule has 1 aromatic heterocycles. The van der Waals surface area contributed by atoms with E-state index in [2.05, 4.69) is 0 Å². The monoisotopic (exact) mass is 370 g/mol. The van der Waals surface area contributed by atoms with E-state index in [9.17, 15) is 14.4 Å². The largest absolute Gasteiger partial charge is 0.289 e. The van der Waals surface area contributed by atoms with Crippen molar-refractivity contribution in [2.75, 3.05) is 0 Å². The number of fused-ring (bicyclic) bond motifs is 1. The normalized spacial score (nSPS) is 22.7. The number of hydroxylamine groups is 1. The quantitative estimate of drug-likeness (QED) is 0.529. The van der Waals surface area contributed by atoms with Crippen molar-refractivity contribution in [2.45, 2.75) is 37.5 Å². The Labute approximate surface area is 154 Å². The lowest BCUT2D eigenvalue weighted by Crippen LogP contribution is -2.42. The molecule has 0 radical (unpaired) electrons. The van der Waals surface area contributed by atoms with Crippen LogP contribution in [-0.4, -0.2) is 16.1 Å². The van der Waals surface area contributed by atoms with Crippen LogP contribution in [0.3, 0.4) is 0 Å². The van der Waals surface area contributed by atoms with Crippen molar-refractivity contribution in [1.29, 1.82) is 0 Å². The molecule has 1 heterocycles. The summed E-state index contributed by atoms with van der Waals surface area (Å²) in [5.41, 5.74) is 2.93. The van der Waals surface area contributed by atoms with E-state index in [-0.39, 0.29) is 11.7 Å². The molecule has 1 saturated carbocycles. The number of benzene rings is 2. The van der Waals surface area contributed by atoms with Crippen molar-refractivity contribution >= 4 is 27.5 Å². The summed E-state index contributed by atoms with van der Waals surface area (Å²) in [6.07, 6.45) is 1.82. The van der Waals surface area contributed by atoms with Crippen LogP contribution in [0.25, 0.3) is 10.2 Å². The first kappa shape index (κ1) is 17.1. The summed E-state index contributed by atoms with van der Waals surface area (Å²) in [4.78, 5) is 17.4. The smallest absolute Gasteiger partial charge is 0.254 e. The van der Waals surface area contributed by atoms with Gasteiger partial charge >= 0.3 is 0 Å². The highest BCUT2D eigenvalue weighted by molar-refractivity contribution is 7.18. The molecule has 1 aliphatic carbocycles. The maximum absolute atomic E-state index is 14.1. The summed E-state index contributed by atoms with van der Waals surface area (Å²) >= 11 is 1.64. The zero-order valence-electron chi connectivity index (χ0n) is 14.3. The number of amides is 1. The molecule has 0 aliphatic heterocycles. The first-order valence-electron chi connectivity index (χ1n) is 8.61. The van der Waals surface area contributed by atoms with Crippen molar-refractivity contribution in [2.24, 2.45) is 0 Å². The van der Waals surface area contributed by atoms with Crippen LogP contribution in [0.5, 0.6) is 0 Å². The fourth-order valence-electron chi connectivity index (χ4n) is 4.13. The van der Waals surface area contributed by atoms with Gasteiger partial charge in [0.05, 0.1) is 20.6 Å². The van der Waals surface area contributed by atoms with Crippen LogP contribution in [0, 0.1) is 12.7 Å². The standard InChI is InChI=1S/C20H19FN2O2S/c1-12-14(5-4-6-15(12)21)20(19(24)23-25)10-9-13(11-20)18-22-16-7-2-3-8-17(16)26-18/h2-8,13,25H,9-11H2,1H3,(H,23,24)/t13-,20-/m0/s1. The molecule has 1 aliphatic rings. The zero-order valence-corrected chi connectivity index (χ0v) is 15.1. The second kappa shape index (κ2) is 6.45. The van der Waals surface area contributed by atoms with Crippen LogP contribution in [-0.2, 0) is 10.2 Å². The van der Waals surface area contributed by atoms with E-state index in [4.69, 9.17) is 4.98 Å². The third kappa shape index (κ3) is 2.61. The van der Waals surface area contributed by atoms with Gasteiger partial charge in [0.25, 0.3) is 5.91 Å². The Morgan fingerprint density at radius 2 is 2.12 bits per heavy atom. The minimum Gasteiger partial charge on any atom is -0.289 e. The van der Waals surface area contributed by atoms with Crippen LogP contribution in [0.2, 0.25) is 0 Å². The van der Waals surface area contributed by atoms with Gasteiger partial charge in [-0.1, -0.05) is 24.3 Å². The molecule has 134 valence electrons. The Kier molecular flexibility index (Phi) is 4.25. The van der Waals surface area contributed by atoms with Crippen molar-refractivity contribution in [3.8, 4) is 0 Å². The third-order valence-electron chi connectivity index (χ3n) is 5.49. The van der Waals surface area contributed by atoms with Gasteiger partial charge in [0.15, 0.2) is 0 Å². The van der Waals surface area contributed by atoms with Crippen LogP contribution in [0.4, 0.5) is 4.39 Å². The lowest BCUT2D eigenvalue weighted by Gasteiger charge is -2.29. The molecule has 0 spiro atoms. The Balaban J connectivity index is 1.75. The molecular weight excluding hydrogens is 351 g/mol. The van der Waals surface area contributed by atoms with Crippen LogP contribution in [0.1, 0.15) is 41.3 Å². The number of nitrogens with one attached hydrogen (secondary N) is 1. The van der Waals surface area contributed by atoms with Crippen LogP contribution < -0.4 is 5.48 Å². The average molecular weight is 370 g/mol. The molecule has 6 heteroatoms. The van der Waals surface area contributed by atoms with Crippen molar-refractivity contribution in [1.82, 2.24) is 10.5 Å². The van der Waals surface area contributed by atoms with Gasteiger partial charge in [-0.25, -0.2) is 14.9 Å². The number of thiazole rings is 1. The molecule has 0 saturated heterocycles. The van der Waals surface area contributed by atoms with Gasteiger partial charge in [-0.3, -0.25) is 10.0 Å².